The van der Waals surface area contributed by atoms with Crippen LogP contribution in [0.2, 0.25) is 0 Å². The molecule has 0 saturated carbocycles. The lowest BCUT2D eigenvalue weighted by Gasteiger charge is -2.09. The SMILES string of the molecule is O=C(Nc1ccc(OCc2ccccc2)cc1)c1ccc(-c2nnco2)cc1. The number of hydrogen-bond acceptors (Lipinski definition) is 5. The lowest BCUT2D eigenvalue weighted by Crippen LogP contribution is -2.11. The Bertz CT molecular complexity index is 1030. The van der Waals surface area contributed by atoms with Gasteiger partial charge in [0.15, 0.2) is 0 Å². The summed E-state index contributed by atoms with van der Waals surface area (Å²) in [7, 11) is 0. The van der Waals surface area contributed by atoms with Gasteiger partial charge in [-0.2, -0.15) is 0 Å². The van der Waals surface area contributed by atoms with Crippen LogP contribution in [-0.2, 0) is 6.61 Å². The molecule has 0 bridgehead atoms. The number of nitrogens with one attached hydrogen (secondary N) is 1. The van der Waals surface area contributed by atoms with E-state index in [1.165, 1.54) is 6.39 Å². The zero-order valence-corrected chi connectivity index (χ0v) is 14.9. The van der Waals surface area contributed by atoms with E-state index in [9.17, 15) is 4.79 Å². The van der Waals surface area contributed by atoms with Gasteiger partial charge in [0.05, 0.1) is 0 Å². The van der Waals surface area contributed by atoms with Crippen LogP contribution in [0.1, 0.15) is 15.9 Å². The second-order valence-corrected chi connectivity index (χ2v) is 6.07. The Kier molecular flexibility index (Phi) is 5.11. The van der Waals surface area contributed by atoms with E-state index in [1.54, 1.807) is 24.3 Å². The van der Waals surface area contributed by atoms with E-state index in [2.05, 4.69) is 15.5 Å². The maximum Gasteiger partial charge on any atom is 0.255 e. The highest BCUT2D eigenvalue weighted by atomic mass is 16.5. The molecular formula is C22H17N3O3. The summed E-state index contributed by atoms with van der Waals surface area (Å²) in [5.74, 6) is 0.957. The fourth-order valence-electron chi connectivity index (χ4n) is 2.64. The number of hydrogen-bond donors (Lipinski definition) is 1. The minimum absolute atomic E-state index is 0.199. The van der Waals surface area contributed by atoms with E-state index in [0.29, 0.717) is 23.7 Å². The van der Waals surface area contributed by atoms with E-state index >= 15 is 0 Å². The van der Waals surface area contributed by atoms with Crippen LogP contribution in [-0.4, -0.2) is 16.1 Å². The molecule has 0 unspecified atom stereocenters. The Morgan fingerprint density at radius 3 is 2.36 bits per heavy atom. The van der Waals surface area contributed by atoms with Gasteiger partial charge in [0.25, 0.3) is 5.91 Å². The summed E-state index contributed by atoms with van der Waals surface area (Å²) in [6.45, 7) is 0.499. The van der Waals surface area contributed by atoms with Gasteiger partial charge in [-0.3, -0.25) is 4.79 Å². The van der Waals surface area contributed by atoms with Crippen molar-refractivity contribution in [2.75, 3.05) is 5.32 Å². The molecule has 0 aliphatic rings. The molecule has 0 spiro atoms. The first-order chi connectivity index (χ1) is 13.8. The van der Waals surface area contributed by atoms with Crippen LogP contribution in [0.25, 0.3) is 11.5 Å². The molecule has 1 heterocycles. The van der Waals surface area contributed by atoms with Gasteiger partial charge in [0.1, 0.15) is 12.4 Å². The molecule has 28 heavy (non-hydrogen) atoms. The zero-order valence-electron chi connectivity index (χ0n) is 14.9. The van der Waals surface area contributed by atoms with E-state index in [4.69, 9.17) is 9.15 Å². The smallest absolute Gasteiger partial charge is 0.255 e. The van der Waals surface area contributed by atoms with Gasteiger partial charge in [0, 0.05) is 16.8 Å². The van der Waals surface area contributed by atoms with Crippen molar-refractivity contribution >= 4 is 11.6 Å². The number of ether oxygens (including phenoxy) is 1. The molecule has 0 atom stereocenters. The molecule has 0 saturated heterocycles. The number of amides is 1. The second-order valence-electron chi connectivity index (χ2n) is 6.07. The fourth-order valence-corrected chi connectivity index (χ4v) is 2.64. The maximum atomic E-state index is 12.4. The van der Waals surface area contributed by atoms with Crippen LogP contribution < -0.4 is 10.1 Å². The normalized spacial score (nSPS) is 10.4. The zero-order chi connectivity index (χ0) is 19.2. The predicted octanol–water partition coefficient (Wildman–Crippen LogP) is 4.57. The van der Waals surface area contributed by atoms with Crippen LogP contribution >= 0.6 is 0 Å². The van der Waals surface area contributed by atoms with E-state index in [1.807, 2.05) is 54.6 Å². The first-order valence-electron chi connectivity index (χ1n) is 8.73. The quantitative estimate of drug-likeness (QED) is 0.537. The second kappa shape index (κ2) is 8.18. The van der Waals surface area contributed by atoms with Crippen molar-refractivity contribution in [2.24, 2.45) is 0 Å². The standard InChI is InChI=1S/C22H17N3O3/c26-21(17-6-8-18(9-7-17)22-25-23-15-28-22)24-19-10-12-20(13-11-19)27-14-16-4-2-1-3-5-16/h1-13,15H,14H2,(H,24,26). The number of anilines is 1. The Labute approximate surface area is 161 Å². The van der Waals surface area contributed by atoms with Crippen LogP contribution in [0.3, 0.4) is 0 Å². The average molecular weight is 371 g/mol. The molecule has 1 amide bonds. The molecule has 3 aromatic carbocycles. The molecule has 0 aliphatic heterocycles. The Morgan fingerprint density at radius 2 is 1.68 bits per heavy atom. The average Bonchev–Trinajstić information content (AvgIpc) is 3.29. The van der Waals surface area contributed by atoms with Gasteiger partial charge in [0.2, 0.25) is 12.3 Å². The van der Waals surface area contributed by atoms with Gasteiger partial charge in [-0.15, -0.1) is 10.2 Å². The third-order valence-corrected chi connectivity index (χ3v) is 4.11. The molecule has 0 fully saturated rings. The van der Waals surface area contributed by atoms with Crippen LogP contribution in [0.4, 0.5) is 5.69 Å². The first-order valence-corrected chi connectivity index (χ1v) is 8.73. The van der Waals surface area contributed by atoms with Crippen LogP contribution in [0.15, 0.2) is 89.7 Å². The summed E-state index contributed by atoms with van der Waals surface area (Å²) in [6, 6.07) is 24.2. The number of carbonyl (C=O) groups excluding carboxylic acids is 1. The van der Waals surface area contributed by atoms with Gasteiger partial charge >= 0.3 is 0 Å². The van der Waals surface area contributed by atoms with Crippen LogP contribution in [0, 0.1) is 0 Å². The molecule has 6 heteroatoms. The molecule has 138 valence electrons. The molecule has 0 aliphatic carbocycles. The predicted molar refractivity (Wildman–Crippen MR) is 105 cm³/mol. The van der Waals surface area contributed by atoms with Gasteiger partial charge in [-0.25, -0.2) is 0 Å². The molecule has 0 radical (unpaired) electrons. The number of nitrogens with zero attached hydrogens (tertiary/aromatic N) is 2. The monoisotopic (exact) mass is 371 g/mol. The summed E-state index contributed by atoms with van der Waals surface area (Å²) in [6.07, 6.45) is 1.27. The molecule has 6 nitrogen and oxygen atoms in total. The van der Waals surface area contributed by atoms with Crippen molar-refractivity contribution in [3.05, 3.63) is 96.4 Å². The van der Waals surface area contributed by atoms with Crippen molar-refractivity contribution in [2.45, 2.75) is 6.61 Å². The van der Waals surface area contributed by atoms with Crippen LogP contribution in [0.5, 0.6) is 5.75 Å². The van der Waals surface area contributed by atoms with Gasteiger partial charge in [-0.1, -0.05) is 30.3 Å². The topological polar surface area (TPSA) is 77.2 Å². The molecule has 1 aromatic heterocycles. The van der Waals surface area contributed by atoms with E-state index in [-0.39, 0.29) is 5.91 Å². The van der Waals surface area contributed by atoms with E-state index in [0.717, 1.165) is 16.9 Å². The highest BCUT2D eigenvalue weighted by Crippen LogP contribution is 2.19. The molecule has 1 N–H and O–H groups in total. The minimum Gasteiger partial charge on any atom is -0.489 e. The Balaban J connectivity index is 1.35. The van der Waals surface area contributed by atoms with Crippen molar-refractivity contribution in [3.63, 3.8) is 0 Å². The van der Waals surface area contributed by atoms with Crippen molar-refractivity contribution in [1.29, 1.82) is 0 Å². The van der Waals surface area contributed by atoms with E-state index < -0.39 is 0 Å². The highest BCUT2D eigenvalue weighted by molar-refractivity contribution is 6.04. The summed E-state index contributed by atoms with van der Waals surface area (Å²) < 4.78 is 10.9. The van der Waals surface area contributed by atoms with Crippen molar-refractivity contribution in [3.8, 4) is 17.2 Å². The largest absolute Gasteiger partial charge is 0.489 e. The van der Waals surface area contributed by atoms with Gasteiger partial charge in [-0.05, 0) is 54.1 Å². The number of benzene rings is 3. The molecule has 4 rings (SSSR count). The van der Waals surface area contributed by atoms with Crippen molar-refractivity contribution < 1.29 is 13.9 Å². The Morgan fingerprint density at radius 1 is 0.929 bits per heavy atom. The van der Waals surface area contributed by atoms with Gasteiger partial charge < -0.3 is 14.5 Å². The highest BCUT2D eigenvalue weighted by Gasteiger charge is 2.08. The fraction of sp³-hybridized carbons (Fsp3) is 0.0455. The summed E-state index contributed by atoms with van der Waals surface area (Å²) in [4.78, 5) is 12.4. The lowest BCUT2D eigenvalue weighted by molar-refractivity contribution is 0.102. The third kappa shape index (κ3) is 4.24. The summed E-state index contributed by atoms with van der Waals surface area (Å²) in [5.41, 5.74) is 3.09. The minimum atomic E-state index is -0.199. The summed E-state index contributed by atoms with van der Waals surface area (Å²) >= 11 is 0. The number of aromatic nitrogens is 2. The number of rotatable bonds is 6. The maximum absolute atomic E-state index is 12.4. The lowest BCUT2D eigenvalue weighted by atomic mass is 10.1. The summed E-state index contributed by atoms with van der Waals surface area (Å²) in [5, 5.41) is 10.4. The third-order valence-electron chi connectivity index (χ3n) is 4.11. The Hall–Kier alpha value is -3.93. The number of carbonyl (C=O) groups is 1. The first kappa shape index (κ1) is 17.5. The molecular weight excluding hydrogens is 354 g/mol. The molecule has 4 aromatic rings. The van der Waals surface area contributed by atoms with Crippen molar-refractivity contribution in [1.82, 2.24) is 10.2 Å².